The number of ether oxygens (including phenoxy) is 1. The molecule has 1 aromatic rings. The minimum Gasteiger partial charge on any atom is -0.465 e. The summed E-state index contributed by atoms with van der Waals surface area (Å²) in [5.74, 6) is -1.04. The summed E-state index contributed by atoms with van der Waals surface area (Å²) < 4.78 is 4.60. The number of methoxy groups -OCH3 is 1. The van der Waals surface area contributed by atoms with Crippen molar-refractivity contribution in [1.29, 1.82) is 0 Å². The second-order valence-corrected chi connectivity index (χ2v) is 4.74. The number of anilines is 1. The summed E-state index contributed by atoms with van der Waals surface area (Å²) >= 11 is 5.97. The van der Waals surface area contributed by atoms with E-state index in [9.17, 15) is 14.4 Å². The predicted octanol–water partition coefficient (Wildman–Crippen LogP) is 1.34. The molecule has 6 nitrogen and oxygen atoms in total. The van der Waals surface area contributed by atoms with E-state index in [1.807, 2.05) is 0 Å². The number of halogens is 1. The number of benzene rings is 1. The maximum Gasteiger partial charge on any atom is 0.337 e. The van der Waals surface area contributed by atoms with E-state index in [-0.39, 0.29) is 17.4 Å². The molecule has 2 rings (SSSR count). The number of rotatable bonds is 3. The molecular weight excluding hydrogens is 284 g/mol. The maximum atomic E-state index is 12.0. The van der Waals surface area contributed by atoms with Crippen molar-refractivity contribution in [2.24, 2.45) is 0 Å². The molecule has 2 N–H and O–H groups in total. The summed E-state index contributed by atoms with van der Waals surface area (Å²) in [5.41, 5.74) is 0.586. The average Bonchev–Trinajstić information content (AvgIpc) is 2.87. The first-order valence-corrected chi connectivity index (χ1v) is 6.37. The average molecular weight is 297 g/mol. The lowest BCUT2D eigenvalue weighted by atomic mass is 10.1. The van der Waals surface area contributed by atoms with E-state index in [2.05, 4.69) is 15.4 Å². The molecule has 1 atom stereocenters. The molecular formula is C13H13ClN2O4. The van der Waals surface area contributed by atoms with E-state index >= 15 is 0 Å². The van der Waals surface area contributed by atoms with Gasteiger partial charge in [0.1, 0.15) is 6.04 Å². The van der Waals surface area contributed by atoms with Gasteiger partial charge in [0, 0.05) is 6.42 Å². The Hall–Kier alpha value is -2.08. The predicted molar refractivity (Wildman–Crippen MR) is 72.6 cm³/mol. The molecule has 1 aliphatic rings. The van der Waals surface area contributed by atoms with Crippen molar-refractivity contribution in [1.82, 2.24) is 5.32 Å². The highest BCUT2D eigenvalue weighted by Crippen LogP contribution is 2.24. The zero-order valence-electron chi connectivity index (χ0n) is 10.7. The van der Waals surface area contributed by atoms with Gasteiger partial charge < -0.3 is 15.4 Å². The largest absolute Gasteiger partial charge is 0.465 e. The van der Waals surface area contributed by atoms with Crippen LogP contribution in [-0.4, -0.2) is 30.9 Å². The van der Waals surface area contributed by atoms with Crippen molar-refractivity contribution >= 4 is 35.1 Å². The molecule has 20 heavy (non-hydrogen) atoms. The van der Waals surface area contributed by atoms with Crippen LogP contribution in [0.5, 0.6) is 0 Å². The summed E-state index contributed by atoms with van der Waals surface area (Å²) in [6.07, 6.45) is 0.771. The number of amides is 2. The normalized spacial score (nSPS) is 17.5. The Kier molecular flexibility index (Phi) is 4.24. The van der Waals surface area contributed by atoms with Crippen molar-refractivity contribution in [3.8, 4) is 0 Å². The summed E-state index contributed by atoms with van der Waals surface area (Å²) in [6.45, 7) is 0. The number of esters is 1. The van der Waals surface area contributed by atoms with Crippen molar-refractivity contribution in [3.63, 3.8) is 0 Å². The summed E-state index contributed by atoms with van der Waals surface area (Å²) in [7, 11) is 1.27. The van der Waals surface area contributed by atoms with Crippen molar-refractivity contribution in [3.05, 3.63) is 28.8 Å². The fourth-order valence-electron chi connectivity index (χ4n) is 1.90. The number of carbonyl (C=O) groups is 3. The van der Waals surface area contributed by atoms with Crippen LogP contribution in [-0.2, 0) is 14.3 Å². The van der Waals surface area contributed by atoms with E-state index in [0.717, 1.165) is 0 Å². The zero-order valence-corrected chi connectivity index (χ0v) is 11.5. The first kappa shape index (κ1) is 14.3. The molecule has 7 heteroatoms. The summed E-state index contributed by atoms with van der Waals surface area (Å²) in [4.78, 5) is 34.5. The lowest BCUT2D eigenvalue weighted by Crippen LogP contribution is -2.37. The maximum absolute atomic E-state index is 12.0. The van der Waals surface area contributed by atoms with Crippen LogP contribution in [0.2, 0.25) is 5.02 Å². The molecule has 1 heterocycles. The third-order valence-electron chi connectivity index (χ3n) is 2.96. The number of hydrogen-bond donors (Lipinski definition) is 2. The monoisotopic (exact) mass is 296 g/mol. The van der Waals surface area contributed by atoms with Crippen molar-refractivity contribution in [2.45, 2.75) is 18.9 Å². The molecule has 0 radical (unpaired) electrons. The van der Waals surface area contributed by atoms with Crippen molar-refractivity contribution in [2.75, 3.05) is 12.4 Å². The highest BCUT2D eigenvalue weighted by molar-refractivity contribution is 6.34. The molecule has 1 fully saturated rings. The lowest BCUT2D eigenvalue weighted by Gasteiger charge is -2.12. The van der Waals surface area contributed by atoms with E-state index in [1.165, 1.54) is 25.3 Å². The molecule has 1 saturated heterocycles. The molecule has 0 aliphatic carbocycles. The molecule has 0 spiro atoms. The third kappa shape index (κ3) is 3.08. The van der Waals surface area contributed by atoms with Gasteiger partial charge in [-0.2, -0.15) is 0 Å². The fourth-order valence-corrected chi connectivity index (χ4v) is 2.06. The topological polar surface area (TPSA) is 84.5 Å². The van der Waals surface area contributed by atoms with Crippen LogP contribution < -0.4 is 10.6 Å². The van der Waals surface area contributed by atoms with Gasteiger partial charge in [-0.05, 0) is 24.6 Å². The Morgan fingerprint density at radius 1 is 1.45 bits per heavy atom. The van der Waals surface area contributed by atoms with E-state index in [0.29, 0.717) is 23.6 Å². The SMILES string of the molecule is COC(=O)c1ccc(Cl)c(NC(=O)C2CCC(=O)N2)c1. The first-order valence-electron chi connectivity index (χ1n) is 5.99. The van der Waals surface area contributed by atoms with Crippen molar-refractivity contribution < 1.29 is 19.1 Å². The van der Waals surface area contributed by atoms with E-state index in [4.69, 9.17) is 11.6 Å². The van der Waals surface area contributed by atoms with Crippen LogP contribution in [0.3, 0.4) is 0 Å². The van der Waals surface area contributed by atoms with Gasteiger partial charge in [0.05, 0.1) is 23.4 Å². The molecule has 1 unspecified atom stereocenters. The lowest BCUT2D eigenvalue weighted by molar-refractivity contribution is -0.122. The van der Waals surface area contributed by atoms with Crippen LogP contribution >= 0.6 is 11.6 Å². The molecule has 106 valence electrons. The minimum absolute atomic E-state index is 0.153. The highest BCUT2D eigenvalue weighted by atomic mass is 35.5. The van der Waals surface area contributed by atoms with Crippen LogP contribution in [0.1, 0.15) is 23.2 Å². The van der Waals surface area contributed by atoms with Gasteiger partial charge in [-0.25, -0.2) is 4.79 Å². The van der Waals surface area contributed by atoms with Crippen LogP contribution in [0.25, 0.3) is 0 Å². The Bertz CT molecular complexity index is 573. The van der Waals surface area contributed by atoms with Gasteiger partial charge in [-0.1, -0.05) is 11.6 Å². The Morgan fingerprint density at radius 3 is 2.80 bits per heavy atom. The second-order valence-electron chi connectivity index (χ2n) is 4.33. The summed E-state index contributed by atoms with van der Waals surface area (Å²) in [5, 5.41) is 5.46. The quantitative estimate of drug-likeness (QED) is 0.825. The van der Waals surface area contributed by atoms with Gasteiger partial charge in [0.15, 0.2) is 0 Å². The highest BCUT2D eigenvalue weighted by Gasteiger charge is 2.27. The number of nitrogens with one attached hydrogen (secondary N) is 2. The van der Waals surface area contributed by atoms with Gasteiger partial charge in [0.25, 0.3) is 0 Å². The number of carbonyl (C=O) groups excluding carboxylic acids is 3. The molecule has 0 bridgehead atoms. The van der Waals surface area contributed by atoms with Gasteiger partial charge >= 0.3 is 5.97 Å². The molecule has 0 aromatic heterocycles. The smallest absolute Gasteiger partial charge is 0.337 e. The second kappa shape index (κ2) is 5.92. The Labute approximate surface area is 120 Å². The first-order chi connectivity index (χ1) is 9.51. The van der Waals surface area contributed by atoms with Crippen LogP contribution in [0.4, 0.5) is 5.69 Å². The Balaban J connectivity index is 2.14. The minimum atomic E-state index is -0.569. The van der Waals surface area contributed by atoms with E-state index < -0.39 is 12.0 Å². The molecule has 1 aliphatic heterocycles. The van der Waals surface area contributed by atoms with Gasteiger partial charge in [-0.15, -0.1) is 0 Å². The molecule has 0 saturated carbocycles. The van der Waals surface area contributed by atoms with Crippen LogP contribution in [0, 0.1) is 0 Å². The standard InChI is InChI=1S/C13H13ClN2O4/c1-20-13(19)7-2-3-8(14)10(6-7)16-12(18)9-4-5-11(17)15-9/h2-3,6,9H,4-5H2,1H3,(H,15,17)(H,16,18). The van der Waals surface area contributed by atoms with Gasteiger partial charge in [0.2, 0.25) is 11.8 Å². The van der Waals surface area contributed by atoms with Gasteiger partial charge in [-0.3, -0.25) is 9.59 Å². The molecule has 1 aromatic carbocycles. The third-order valence-corrected chi connectivity index (χ3v) is 3.29. The Morgan fingerprint density at radius 2 is 2.20 bits per heavy atom. The molecule has 2 amide bonds. The zero-order chi connectivity index (χ0) is 14.7. The number of hydrogen-bond acceptors (Lipinski definition) is 4. The summed E-state index contributed by atoms with van der Waals surface area (Å²) in [6, 6.07) is 3.86. The van der Waals surface area contributed by atoms with Crippen LogP contribution in [0.15, 0.2) is 18.2 Å². The fraction of sp³-hybridized carbons (Fsp3) is 0.308. The van der Waals surface area contributed by atoms with E-state index in [1.54, 1.807) is 0 Å².